The van der Waals surface area contributed by atoms with Crippen LogP contribution in [0.25, 0.3) is 0 Å². The predicted molar refractivity (Wildman–Crippen MR) is 67.4 cm³/mol. The summed E-state index contributed by atoms with van der Waals surface area (Å²) >= 11 is 3.70. The van der Waals surface area contributed by atoms with Gasteiger partial charge in [-0.3, -0.25) is 0 Å². The summed E-state index contributed by atoms with van der Waals surface area (Å²) in [5.41, 5.74) is 0. The fourth-order valence-corrected chi connectivity index (χ4v) is 9.95. The molecule has 0 aromatic carbocycles. The van der Waals surface area contributed by atoms with Gasteiger partial charge in [-0.05, 0) is 24.9 Å². The molecule has 2 unspecified atom stereocenters. The molecule has 0 radical (unpaired) electrons. The summed E-state index contributed by atoms with van der Waals surface area (Å²) in [7, 11) is 0.247. The first-order chi connectivity index (χ1) is 5.67. The van der Waals surface area contributed by atoms with Crippen LogP contribution in [0.15, 0.2) is 0 Å². The van der Waals surface area contributed by atoms with Gasteiger partial charge in [-0.25, -0.2) is 0 Å². The lowest BCUT2D eigenvalue weighted by Crippen LogP contribution is -2.43. The predicted octanol–water partition coefficient (Wildman–Crippen LogP) is 1.36. The topological polar surface area (TPSA) is 3.24 Å². The van der Waals surface area contributed by atoms with E-state index in [-0.39, 0.29) is 16.9 Å². The Balaban J connectivity index is 4.01. The van der Waals surface area contributed by atoms with E-state index in [1.54, 1.807) is 0 Å². The van der Waals surface area contributed by atoms with Crippen LogP contribution in [0.1, 0.15) is 40.5 Å². The average molecular weight is 268 g/mol. The van der Waals surface area contributed by atoms with E-state index in [0.29, 0.717) is 0 Å². The van der Waals surface area contributed by atoms with E-state index in [0.717, 1.165) is 12.1 Å². The zero-order valence-electron chi connectivity index (χ0n) is 8.81. The lowest BCUT2D eigenvalue weighted by Gasteiger charge is -2.33. The lowest BCUT2D eigenvalue weighted by atomic mass is 10.2. The van der Waals surface area contributed by atoms with Crippen molar-refractivity contribution in [2.24, 2.45) is 0 Å². The van der Waals surface area contributed by atoms with Gasteiger partial charge in [-0.1, -0.05) is 27.7 Å². The molecule has 0 aromatic heterocycles. The van der Waals surface area contributed by atoms with Crippen molar-refractivity contribution < 1.29 is 0 Å². The average Bonchev–Trinajstić information content (AvgIpc) is 2.11. The molecular weight excluding hydrogens is 246 g/mol. The van der Waals surface area contributed by atoms with Crippen molar-refractivity contribution in [1.29, 1.82) is 0 Å². The maximum absolute atomic E-state index is 3.70. The minimum absolute atomic E-state index is 0.108. The van der Waals surface area contributed by atoms with Crippen molar-refractivity contribution in [2.45, 2.75) is 52.6 Å². The van der Waals surface area contributed by atoms with Gasteiger partial charge in [0.15, 0.2) is 0 Å². The summed E-state index contributed by atoms with van der Waals surface area (Å²) in [5, 5.41) is 0. The third-order valence-electron chi connectivity index (χ3n) is 2.66. The highest BCUT2D eigenvalue weighted by Gasteiger charge is 2.16. The smallest absolute Gasteiger partial charge is 0.102 e. The van der Waals surface area contributed by atoms with Gasteiger partial charge in [0.05, 0.1) is 9.20 Å². The summed E-state index contributed by atoms with van der Waals surface area (Å²) in [6.07, 6.45) is 2.61. The summed E-state index contributed by atoms with van der Waals surface area (Å²) in [6, 6.07) is 1.63. The first kappa shape index (κ1) is 12.9. The van der Waals surface area contributed by atoms with Gasteiger partial charge >= 0.3 is 0 Å². The van der Waals surface area contributed by atoms with E-state index in [1.165, 1.54) is 12.8 Å². The van der Waals surface area contributed by atoms with Gasteiger partial charge in [0.1, 0.15) is 7.66 Å². The highest BCUT2D eigenvalue weighted by Crippen LogP contribution is 2.09. The highest BCUT2D eigenvalue weighted by atomic mass is 79.9. The Kier molecular flexibility index (Phi) is 7.82. The molecule has 1 nitrogen and oxygen atoms in total. The van der Waals surface area contributed by atoms with Gasteiger partial charge in [-0.15, -0.1) is 15.3 Å². The van der Waals surface area contributed by atoms with Crippen LogP contribution in [0.4, 0.5) is 0 Å². The van der Waals surface area contributed by atoms with Gasteiger partial charge < -0.3 is 4.57 Å². The molecule has 2 atom stereocenters. The van der Waals surface area contributed by atoms with Crippen LogP contribution >= 0.6 is 15.3 Å². The summed E-state index contributed by atoms with van der Waals surface area (Å²) < 4.78 is 2.78. The maximum atomic E-state index is 3.70. The summed E-state index contributed by atoms with van der Waals surface area (Å²) in [5.74, 6) is 0. The first-order valence-electron chi connectivity index (χ1n) is 4.99. The lowest BCUT2D eigenvalue weighted by molar-refractivity contribution is 0.273. The van der Waals surface area contributed by atoms with E-state index in [1.807, 2.05) is 0 Å². The number of rotatable bonds is 6. The SMILES string of the molecule is CCC(C)N([SiH2][SiH2]Br)C(C)CC. The van der Waals surface area contributed by atoms with Crippen molar-refractivity contribution in [3.63, 3.8) is 0 Å². The van der Waals surface area contributed by atoms with E-state index in [9.17, 15) is 0 Å². The van der Waals surface area contributed by atoms with Crippen LogP contribution in [0.3, 0.4) is 0 Å². The fourth-order valence-electron chi connectivity index (χ4n) is 1.44. The zero-order chi connectivity index (χ0) is 9.56. The molecule has 0 fully saturated rings. The molecular formula is C8H22BrNSi2. The molecule has 0 amide bonds. The minimum Gasteiger partial charge on any atom is -0.326 e. The second-order valence-corrected chi connectivity index (χ2v) is 14.6. The number of nitrogens with zero attached hydrogens (tertiary/aromatic N) is 1. The minimum atomic E-state index is 0.108. The van der Waals surface area contributed by atoms with Crippen LogP contribution in [-0.2, 0) is 0 Å². The zero-order valence-corrected chi connectivity index (χ0v) is 13.2. The molecule has 0 aromatic rings. The molecule has 0 spiro atoms. The molecule has 0 N–H and O–H groups in total. The van der Waals surface area contributed by atoms with E-state index >= 15 is 0 Å². The molecule has 0 saturated heterocycles. The standard InChI is InChI=1S/C8H22BrNSi2/c1-5-7(3)10(12-11-9)8(4)6-2/h7-8H,5-6,11-12H2,1-4H3. The van der Waals surface area contributed by atoms with Gasteiger partial charge in [0.25, 0.3) is 0 Å². The quantitative estimate of drug-likeness (QED) is 0.519. The number of hydrogen-bond acceptors (Lipinski definition) is 1. The van der Waals surface area contributed by atoms with Gasteiger partial charge in [-0.2, -0.15) is 0 Å². The molecule has 0 bridgehead atoms. The van der Waals surface area contributed by atoms with E-state index < -0.39 is 0 Å². The Morgan fingerprint density at radius 3 is 1.83 bits per heavy atom. The molecule has 4 heteroatoms. The summed E-state index contributed by atoms with van der Waals surface area (Å²) in [6.45, 7) is 9.33. The fraction of sp³-hybridized carbons (Fsp3) is 1.00. The highest BCUT2D eigenvalue weighted by molar-refractivity contribution is 9.24. The normalized spacial score (nSPS) is 18.5. The second kappa shape index (κ2) is 7.29. The van der Waals surface area contributed by atoms with Crippen molar-refractivity contribution >= 4 is 32.1 Å². The second-order valence-electron chi connectivity index (χ2n) is 3.44. The molecule has 0 heterocycles. The maximum Gasteiger partial charge on any atom is 0.102 e. The molecule has 0 saturated carbocycles. The Labute approximate surface area is 89.4 Å². The van der Waals surface area contributed by atoms with Crippen molar-refractivity contribution in [3.8, 4) is 0 Å². The van der Waals surface area contributed by atoms with Gasteiger partial charge in [0, 0.05) is 0 Å². The monoisotopic (exact) mass is 267 g/mol. The summed E-state index contributed by atoms with van der Waals surface area (Å²) in [4.78, 5) is 0. The first-order valence-corrected chi connectivity index (χ1v) is 13.5. The van der Waals surface area contributed by atoms with Crippen LogP contribution in [-0.4, -0.2) is 33.5 Å². The number of halogens is 1. The molecule has 0 aliphatic carbocycles. The molecule has 0 rings (SSSR count). The van der Waals surface area contributed by atoms with Crippen molar-refractivity contribution in [2.75, 3.05) is 0 Å². The molecule has 12 heavy (non-hydrogen) atoms. The number of hydrogen-bond donors (Lipinski definition) is 0. The van der Waals surface area contributed by atoms with Crippen LogP contribution in [0.2, 0.25) is 0 Å². The third-order valence-corrected chi connectivity index (χ3v) is 9.84. The van der Waals surface area contributed by atoms with Crippen LogP contribution in [0, 0.1) is 0 Å². The van der Waals surface area contributed by atoms with Crippen molar-refractivity contribution in [3.05, 3.63) is 0 Å². The third kappa shape index (κ3) is 4.21. The molecule has 0 aliphatic rings. The Hall–Kier alpha value is 0.874. The van der Waals surface area contributed by atoms with Crippen LogP contribution < -0.4 is 0 Å². The largest absolute Gasteiger partial charge is 0.326 e. The van der Waals surface area contributed by atoms with Gasteiger partial charge in [0.2, 0.25) is 0 Å². The van der Waals surface area contributed by atoms with Crippen molar-refractivity contribution in [1.82, 2.24) is 4.57 Å². The Bertz CT molecular complexity index is 103. The molecule has 74 valence electrons. The Morgan fingerprint density at radius 2 is 1.58 bits per heavy atom. The van der Waals surface area contributed by atoms with Crippen LogP contribution in [0.5, 0.6) is 0 Å². The van der Waals surface area contributed by atoms with E-state index in [4.69, 9.17) is 0 Å². The molecule has 0 aliphatic heterocycles. The Morgan fingerprint density at radius 1 is 1.17 bits per heavy atom. The van der Waals surface area contributed by atoms with E-state index in [2.05, 4.69) is 47.6 Å².